The van der Waals surface area contributed by atoms with Crippen LogP contribution in [0.1, 0.15) is 39.7 Å². The summed E-state index contributed by atoms with van der Waals surface area (Å²) in [7, 11) is 0. The average Bonchev–Trinajstić information content (AvgIpc) is 2.45. The molecule has 4 unspecified atom stereocenters. The van der Waals surface area contributed by atoms with Crippen LogP contribution in [-0.2, 0) is 6.42 Å². The number of nitrogens with zero attached hydrogens (tertiary/aromatic N) is 1. The highest BCUT2D eigenvalue weighted by atomic mass is 79.9. The Balaban J connectivity index is 2.20. The van der Waals surface area contributed by atoms with E-state index in [0.717, 1.165) is 29.3 Å². The Kier molecular flexibility index (Phi) is 5.50. The predicted molar refractivity (Wildman–Crippen MR) is 94.4 cm³/mol. The molecular formula is C18H29BrN2. The van der Waals surface area contributed by atoms with E-state index in [0.29, 0.717) is 12.6 Å². The van der Waals surface area contributed by atoms with Gasteiger partial charge in [0, 0.05) is 29.1 Å². The van der Waals surface area contributed by atoms with Crippen LogP contribution >= 0.6 is 15.9 Å². The predicted octanol–water partition coefficient (Wildman–Crippen LogP) is 4.08. The van der Waals surface area contributed by atoms with E-state index in [1.165, 1.54) is 12.0 Å². The minimum absolute atomic E-state index is 0.0379. The first kappa shape index (κ1) is 17.0. The normalized spacial score (nSPS) is 30.1. The van der Waals surface area contributed by atoms with Crippen molar-refractivity contribution in [1.29, 1.82) is 0 Å². The van der Waals surface area contributed by atoms with Crippen LogP contribution in [0.5, 0.6) is 0 Å². The van der Waals surface area contributed by atoms with Crippen LogP contribution in [-0.4, -0.2) is 29.6 Å². The number of hydrogen-bond donors (Lipinski definition) is 1. The van der Waals surface area contributed by atoms with Crippen molar-refractivity contribution in [3.05, 3.63) is 34.3 Å². The zero-order valence-corrected chi connectivity index (χ0v) is 15.4. The van der Waals surface area contributed by atoms with Gasteiger partial charge in [-0.1, -0.05) is 41.9 Å². The number of nitrogens with two attached hydrogens (primary N) is 1. The van der Waals surface area contributed by atoms with Crippen LogP contribution in [0.25, 0.3) is 0 Å². The molecule has 0 aliphatic carbocycles. The summed E-state index contributed by atoms with van der Waals surface area (Å²) in [6.07, 6.45) is 2.34. The smallest absolute Gasteiger partial charge is 0.0346 e. The van der Waals surface area contributed by atoms with Crippen molar-refractivity contribution in [3.8, 4) is 0 Å². The van der Waals surface area contributed by atoms with Gasteiger partial charge in [-0.05, 0) is 56.2 Å². The first-order valence-corrected chi connectivity index (χ1v) is 8.86. The van der Waals surface area contributed by atoms with Crippen LogP contribution in [0.3, 0.4) is 0 Å². The van der Waals surface area contributed by atoms with E-state index in [-0.39, 0.29) is 5.54 Å². The molecule has 0 spiro atoms. The lowest BCUT2D eigenvalue weighted by atomic mass is 9.80. The van der Waals surface area contributed by atoms with Gasteiger partial charge in [-0.25, -0.2) is 0 Å². The molecular weight excluding hydrogens is 324 g/mol. The van der Waals surface area contributed by atoms with Gasteiger partial charge in [0.25, 0.3) is 0 Å². The molecule has 1 aromatic carbocycles. The third-order valence-corrected chi connectivity index (χ3v) is 5.76. The quantitative estimate of drug-likeness (QED) is 0.884. The third kappa shape index (κ3) is 3.88. The molecule has 0 amide bonds. The van der Waals surface area contributed by atoms with Crippen LogP contribution in [0.2, 0.25) is 0 Å². The number of hydrogen-bond acceptors (Lipinski definition) is 2. The summed E-state index contributed by atoms with van der Waals surface area (Å²) < 4.78 is 1.13. The molecule has 3 heteroatoms. The molecule has 2 N–H and O–H groups in total. The van der Waals surface area contributed by atoms with Crippen molar-refractivity contribution in [2.75, 3.05) is 13.1 Å². The van der Waals surface area contributed by atoms with Crippen LogP contribution in [0.4, 0.5) is 0 Å². The molecule has 1 aliphatic rings. The number of piperidine rings is 1. The molecule has 118 valence electrons. The maximum Gasteiger partial charge on any atom is 0.0346 e. The van der Waals surface area contributed by atoms with E-state index in [4.69, 9.17) is 5.73 Å². The van der Waals surface area contributed by atoms with E-state index in [2.05, 4.69) is 72.8 Å². The minimum Gasteiger partial charge on any atom is -0.329 e. The van der Waals surface area contributed by atoms with E-state index in [9.17, 15) is 0 Å². The highest BCUT2D eigenvalue weighted by molar-refractivity contribution is 9.10. The highest BCUT2D eigenvalue weighted by Crippen LogP contribution is 2.33. The second kappa shape index (κ2) is 6.80. The minimum atomic E-state index is 0.0379. The van der Waals surface area contributed by atoms with Gasteiger partial charge < -0.3 is 5.73 Å². The summed E-state index contributed by atoms with van der Waals surface area (Å²) >= 11 is 3.51. The molecule has 0 radical (unpaired) electrons. The fraction of sp³-hybridized carbons (Fsp3) is 0.667. The molecule has 21 heavy (non-hydrogen) atoms. The molecule has 2 nitrogen and oxygen atoms in total. The van der Waals surface area contributed by atoms with Crippen LogP contribution in [0, 0.1) is 11.8 Å². The van der Waals surface area contributed by atoms with Crippen molar-refractivity contribution in [2.45, 2.75) is 52.1 Å². The van der Waals surface area contributed by atoms with Gasteiger partial charge in [0.2, 0.25) is 0 Å². The molecule has 1 fully saturated rings. The summed E-state index contributed by atoms with van der Waals surface area (Å²) in [5.74, 6) is 1.50. The van der Waals surface area contributed by atoms with Crippen molar-refractivity contribution < 1.29 is 0 Å². The Labute approximate surface area is 138 Å². The zero-order valence-electron chi connectivity index (χ0n) is 13.8. The van der Waals surface area contributed by atoms with Gasteiger partial charge in [0.15, 0.2) is 0 Å². The standard InChI is InChI=1S/C18H29BrN2/c1-13-9-14(2)15(3)21(11-13)18(4,12-20)10-16-5-7-17(19)8-6-16/h5-8,13-15H,9-12,20H2,1-4H3. The first-order chi connectivity index (χ1) is 9.85. The SMILES string of the molecule is CC1CC(C)C(C)N(C(C)(CN)Cc2ccc(Br)cc2)C1. The molecule has 2 rings (SSSR count). The topological polar surface area (TPSA) is 29.3 Å². The first-order valence-electron chi connectivity index (χ1n) is 8.07. The fourth-order valence-corrected chi connectivity index (χ4v) is 4.02. The Morgan fingerprint density at radius 1 is 1.24 bits per heavy atom. The monoisotopic (exact) mass is 352 g/mol. The van der Waals surface area contributed by atoms with Crippen LogP contribution in [0.15, 0.2) is 28.7 Å². The van der Waals surface area contributed by atoms with Gasteiger partial charge in [-0.2, -0.15) is 0 Å². The molecule has 0 bridgehead atoms. The Bertz CT molecular complexity index is 459. The summed E-state index contributed by atoms with van der Waals surface area (Å²) in [5.41, 5.74) is 7.62. The summed E-state index contributed by atoms with van der Waals surface area (Å²) in [4.78, 5) is 2.66. The summed E-state index contributed by atoms with van der Waals surface area (Å²) in [6, 6.07) is 9.26. The lowest BCUT2D eigenvalue weighted by Gasteiger charge is -2.51. The second-order valence-corrected chi connectivity index (χ2v) is 8.13. The highest BCUT2D eigenvalue weighted by Gasteiger charge is 2.39. The molecule has 0 saturated carbocycles. The average molecular weight is 353 g/mol. The van der Waals surface area contributed by atoms with Gasteiger partial charge in [0.1, 0.15) is 0 Å². The third-order valence-electron chi connectivity index (χ3n) is 5.23. The van der Waals surface area contributed by atoms with Gasteiger partial charge in [-0.15, -0.1) is 0 Å². The molecule has 1 heterocycles. The largest absolute Gasteiger partial charge is 0.329 e. The molecule has 4 atom stereocenters. The van der Waals surface area contributed by atoms with Crippen molar-refractivity contribution in [2.24, 2.45) is 17.6 Å². The lowest BCUT2D eigenvalue weighted by molar-refractivity contribution is -0.00688. The van der Waals surface area contributed by atoms with Crippen molar-refractivity contribution in [1.82, 2.24) is 4.90 Å². The fourth-order valence-electron chi connectivity index (χ4n) is 3.76. The summed E-state index contributed by atoms with van der Waals surface area (Å²) in [6.45, 7) is 11.3. The van der Waals surface area contributed by atoms with E-state index >= 15 is 0 Å². The number of likely N-dealkylation sites (tertiary alicyclic amines) is 1. The summed E-state index contributed by atoms with van der Waals surface area (Å²) in [5, 5.41) is 0. The lowest BCUT2D eigenvalue weighted by Crippen LogP contribution is -2.61. The van der Waals surface area contributed by atoms with Gasteiger partial charge in [-0.3, -0.25) is 4.90 Å². The van der Waals surface area contributed by atoms with E-state index < -0.39 is 0 Å². The number of halogens is 1. The number of rotatable bonds is 4. The van der Waals surface area contributed by atoms with Crippen molar-refractivity contribution >= 4 is 15.9 Å². The van der Waals surface area contributed by atoms with E-state index in [1.54, 1.807) is 0 Å². The molecule has 0 aromatic heterocycles. The van der Waals surface area contributed by atoms with Crippen LogP contribution < -0.4 is 5.73 Å². The maximum absolute atomic E-state index is 6.22. The zero-order chi connectivity index (χ0) is 15.6. The second-order valence-electron chi connectivity index (χ2n) is 7.22. The Morgan fingerprint density at radius 3 is 2.43 bits per heavy atom. The van der Waals surface area contributed by atoms with Gasteiger partial charge in [0.05, 0.1) is 0 Å². The molecule has 1 aliphatic heterocycles. The Morgan fingerprint density at radius 2 is 1.86 bits per heavy atom. The van der Waals surface area contributed by atoms with E-state index in [1.807, 2.05) is 0 Å². The maximum atomic E-state index is 6.22. The number of benzene rings is 1. The molecule has 1 saturated heterocycles. The van der Waals surface area contributed by atoms with Crippen molar-refractivity contribution in [3.63, 3.8) is 0 Å². The molecule has 1 aromatic rings. The Hall–Kier alpha value is -0.380. The van der Waals surface area contributed by atoms with Gasteiger partial charge >= 0.3 is 0 Å².